The summed E-state index contributed by atoms with van der Waals surface area (Å²) >= 11 is 0. The minimum Gasteiger partial charge on any atom is -0.219 e. The Hall–Kier alpha value is -2.08. The Morgan fingerprint density at radius 3 is 1.95 bits per heavy atom. The summed E-state index contributed by atoms with van der Waals surface area (Å²) in [7, 11) is -3.77. The molecule has 0 heterocycles. The summed E-state index contributed by atoms with van der Waals surface area (Å²) in [6, 6.07) is 12.2. The van der Waals surface area contributed by atoms with Crippen LogP contribution in [0, 0.1) is 0 Å². The van der Waals surface area contributed by atoms with E-state index in [1.807, 2.05) is 0 Å². The lowest BCUT2D eigenvalue weighted by molar-refractivity contribution is -0.137. The zero-order chi connectivity index (χ0) is 15.5. The maximum atomic E-state index is 12.4. The third kappa shape index (κ3) is 3.95. The average molecular weight is 312 g/mol. The zero-order valence-electron chi connectivity index (χ0n) is 10.7. The molecule has 0 aromatic heterocycles. The van der Waals surface area contributed by atoms with E-state index in [2.05, 4.69) is 0 Å². The first-order valence-electron chi connectivity index (χ1n) is 5.94. The zero-order valence-corrected chi connectivity index (χ0v) is 11.5. The molecule has 2 aromatic rings. The van der Waals surface area contributed by atoms with Crippen LogP contribution in [0.5, 0.6) is 0 Å². The Morgan fingerprint density at radius 2 is 1.43 bits per heavy atom. The second-order valence-corrected chi connectivity index (χ2v) is 6.11. The van der Waals surface area contributed by atoms with Gasteiger partial charge in [-0.3, -0.25) is 0 Å². The van der Waals surface area contributed by atoms with E-state index >= 15 is 0 Å². The van der Waals surface area contributed by atoms with Gasteiger partial charge in [0.25, 0.3) is 0 Å². The Morgan fingerprint density at radius 1 is 0.857 bits per heavy atom. The number of benzene rings is 2. The van der Waals surface area contributed by atoms with E-state index in [1.54, 1.807) is 30.3 Å². The third-order valence-corrected chi connectivity index (χ3v) is 4.17. The summed E-state index contributed by atoms with van der Waals surface area (Å²) in [5.41, 5.74) is -0.193. The molecule has 21 heavy (non-hydrogen) atoms. The van der Waals surface area contributed by atoms with Gasteiger partial charge >= 0.3 is 6.18 Å². The van der Waals surface area contributed by atoms with Crippen molar-refractivity contribution >= 4 is 15.9 Å². The van der Waals surface area contributed by atoms with Crippen molar-refractivity contribution in [1.29, 1.82) is 0 Å². The fraction of sp³-hybridized carbons (Fsp3) is 0.0667. The highest BCUT2D eigenvalue weighted by Crippen LogP contribution is 2.30. The monoisotopic (exact) mass is 312 g/mol. The molecule has 2 aromatic carbocycles. The van der Waals surface area contributed by atoms with Gasteiger partial charge in [0.1, 0.15) is 0 Å². The minimum absolute atomic E-state index is 0.178. The van der Waals surface area contributed by atoms with Crippen LogP contribution in [0.4, 0.5) is 13.2 Å². The van der Waals surface area contributed by atoms with Crippen LogP contribution in [0.3, 0.4) is 0 Å². The molecule has 0 N–H and O–H groups in total. The van der Waals surface area contributed by atoms with Crippen LogP contribution in [-0.4, -0.2) is 8.42 Å². The van der Waals surface area contributed by atoms with Gasteiger partial charge in [-0.15, -0.1) is 0 Å². The number of hydrogen-bond acceptors (Lipinski definition) is 2. The summed E-state index contributed by atoms with van der Waals surface area (Å²) in [6.07, 6.45) is -3.09. The molecule has 0 fully saturated rings. The van der Waals surface area contributed by atoms with Gasteiger partial charge in [-0.2, -0.15) is 13.2 Å². The Kier molecular flexibility index (Phi) is 4.18. The maximum Gasteiger partial charge on any atom is 0.416 e. The molecule has 6 heteroatoms. The predicted octanol–water partition coefficient (Wildman–Crippen LogP) is 4.15. The SMILES string of the molecule is O=S(=O)(/C=C/c1ccccc1)c1ccc(C(F)(F)F)cc1. The van der Waals surface area contributed by atoms with Gasteiger partial charge in [-0.05, 0) is 35.9 Å². The molecule has 0 saturated carbocycles. The molecule has 0 bridgehead atoms. The highest BCUT2D eigenvalue weighted by molar-refractivity contribution is 7.94. The number of hydrogen-bond donors (Lipinski definition) is 0. The molecule has 0 atom stereocenters. The lowest BCUT2D eigenvalue weighted by Gasteiger charge is -2.06. The maximum absolute atomic E-state index is 12.4. The van der Waals surface area contributed by atoms with E-state index in [0.29, 0.717) is 5.56 Å². The van der Waals surface area contributed by atoms with Crippen molar-refractivity contribution in [2.24, 2.45) is 0 Å². The summed E-state index contributed by atoms with van der Waals surface area (Å²) < 4.78 is 61.3. The Balaban J connectivity index is 2.26. The fourth-order valence-electron chi connectivity index (χ4n) is 1.64. The molecule has 2 nitrogen and oxygen atoms in total. The number of rotatable bonds is 3. The van der Waals surface area contributed by atoms with E-state index < -0.39 is 21.6 Å². The molecular formula is C15H11F3O2S. The molecule has 0 unspecified atom stereocenters. The molecule has 110 valence electrons. The minimum atomic E-state index is -4.48. The van der Waals surface area contributed by atoms with Crippen LogP contribution in [0.2, 0.25) is 0 Å². The molecular weight excluding hydrogens is 301 g/mol. The van der Waals surface area contributed by atoms with Crippen molar-refractivity contribution < 1.29 is 21.6 Å². The molecule has 0 aliphatic rings. The average Bonchev–Trinajstić information content (AvgIpc) is 2.46. The molecule has 0 radical (unpaired) electrons. The predicted molar refractivity (Wildman–Crippen MR) is 74.1 cm³/mol. The molecule has 0 amide bonds. The number of sulfone groups is 1. The molecule has 0 aliphatic heterocycles. The Bertz CT molecular complexity index is 731. The van der Waals surface area contributed by atoms with E-state index in [4.69, 9.17) is 0 Å². The normalized spacial score (nSPS) is 12.7. The largest absolute Gasteiger partial charge is 0.416 e. The van der Waals surface area contributed by atoms with Gasteiger partial charge in [0, 0.05) is 5.41 Å². The van der Waals surface area contributed by atoms with Crippen molar-refractivity contribution in [2.45, 2.75) is 11.1 Å². The number of halogens is 3. The fourth-order valence-corrected chi connectivity index (χ4v) is 2.65. The van der Waals surface area contributed by atoms with Crippen molar-refractivity contribution in [3.8, 4) is 0 Å². The van der Waals surface area contributed by atoms with Crippen molar-refractivity contribution in [2.75, 3.05) is 0 Å². The van der Waals surface area contributed by atoms with Crippen molar-refractivity contribution in [1.82, 2.24) is 0 Å². The standard InChI is InChI=1S/C15H11F3O2S/c16-15(17,18)13-6-8-14(9-7-13)21(19,20)11-10-12-4-2-1-3-5-12/h1-11H/b11-10+. The van der Waals surface area contributed by atoms with Gasteiger partial charge in [-0.25, -0.2) is 8.42 Å². The molecule has 2 rings (SSSR count). The van der Waals surface area contributed by atoms with Crippen LogP contribution in [0.15, 0.2) is 64.9 Å². The lowest BCUT2D eigenvalue weighted by atomic mass is 10.2. The smallest absolute Gasteiger partial charge is 0.219 e. The lowest BCUT2D eigenvalue weighted by Crippen LogP contribution is -2.05. The van der Waals surface area contributed by atoms with E-state index in [0.717, 1.165) is 29.7 Å². The second-order valence-electron chi connectivity index (χ2n) is 4.28. The summed E-state index contributed by atoms with van der Waals surface area (Å²) in [5, 5.41) is 0.977. The van der Waals surface area contributed by atoms with Crippen LogP contribution in [0.1, 0.15) is 11.1 Å². The second kappa shape index (κ2) is 5.73. The van der Waals surface area contributed by atoms with Crippen LogP contribution >= 0.6 is 0 Å². The van der Waals surface area contributed by atoms with Gasteiger partial charge in [-0.1, -0.05) is 30.3 Å². The molecule has 0 aliphatic carbocycles. The van der Waals surface area contributed by atoms with E-state index in [-0.39, 0.29) is 4.90 Å². The first-order valence-corrected chi connectivity index (χ1v) is 7.49. The first kappa shape index (κ1) is 15.3. The van der Waals surface area contributed by atoms with Crippen LogP contribution in [-0.2, 0) is 16.0 Å². The summed E-state index contributed by atoms with van der Waals surface area (Å²) in [5.74, 6) is 0. The highest BCUT2D eigenvalue weighted by atomic mass is 32.2. The van der Waals surface area contributed by atoms with Crippen LogP contribution in [0.25, 0.3) is 6.08 Å². The van der Waals surface area contributed by atoms with Gasteiger partial charge in [0.05, 0.1) is 10.5 Å². The quantitative estimate of drug-likeness (QED) is 0.853. The molecule has 0 spiro atoms. The van der Waals surface area contributed by atoms with Crippen molar-refractivity contribution in [3.63, 3.8) is 0 Å². The van der Waals surface area contributed by atoms with Gasteiger partial charge in [0.2, 0.25) is 0 Å². The molecule has 0 saturated heterocycles. The van der Waals surface area contributed by atoms with Crippen molar-refractivity contribution in [3.05, 3.63) is 71.1 Å². The van der Waals surface area contributed by atoms with E-state index in [1.165, 1.54) is 6.08 Å². The highest BCUT2D eigenvalue weighted by Gasteiger charge is 2.30. The summed E-state index contributed by atoms with van der Waals surface area (Å²) in [4.78, 5) is -0.178. The summed E-state index contributed by atoms with van der Waals surface area (Å²) in [6.45, 7) is 0. The van der Waals surface area contributed by atoms with E-state index in [9.17, 15) is 21.6 Å². The van der Waals surface area contributed by atoms with Gasteiger partial charge < -0.3 is 0 Å². The topological polar surface area (TPSA) is 34.1 Å². The Labute approximate surface area is 120 Å². The number of alkyl halides is 3. The first-order chi connectivity index (χ1) is 9.79. The van der Waals surface area contributed by atoms with Crippen LogP contribution < -0.4 is 0 Å². The third-order valence-electron chi connectivity index (χ3n) is 2.75. The van der Waals surface area contributed by atoms with Gasteiger partial charge in [0.15, 0.2) is 9.84 Å².